The number of amides is 1. The monoisotopic (exact) mass is 303 g/mol. The molecular formula is C18H29N3O. The van der Waals surface area contributed by atoms with Gasteiger partial charge in [-0.3, -0.25) is 10.2 Å². The molecule has 0 aromatic heterocycles. The zero-order chi connectivity index (χ0) is 16.9. The summed E-state index contributed by atoms with van der Waals surface area (Å²) in [6.07, 6.45) is 1.00. The summed E-state index contributed by atoms with van der Waals surface area (Å²) in [7, 11) is 0. The highest BCUT2D eigenvalue weighted by Gasteiger charge is 2.46. The van der Waals surface area contributed by atoms with Crippen molar-refractivity contribution >= 4 is 11.6 Å². The van der Waals surface area contributed by atoms with E-state index in [9.17, 15) is 4.79 Å². The molecule has 0 fully saturated rings. The molecule has 0 unspecified atom stereocenters. The Labute approximate surface area is 134 Å². The van der Waals surface area contributed by atoms with E-state index in [-0.39, 0.29) is 11.4 Å². The fourth-order valence-electron chi connectivity index (χ4n) is 4.02. The van der Waals surface area contributed by atoms with E-state index >= 15 is 0 Å². The zero-order valence-corrected chi connectivity index (χ0v) is 14.9. The molecule has 0 aliphatic carbocycles. The number of nitrogens with two attached hydrogens (primary N) is 1. The van der Waals surface area contributed by atoms with Gasteiger partial charge in [0.05, 0.1) is 0 Å². The molecule has 1 aliphatic heterocycles. The molecule has 0 bridgehead atoms. The van der Waals surface area contributed by atoms with Crippen molar-refractivity contribution in [1.29, 1.82) is 0 Å². The van der Waals surface area contributed by atoms with Crippen LogP contribution in [0.4, 0.5) is 5.69 Å². The number of carbonyl (C=O) groups excluding carboxylic acids is 1. The fraction of sp³-hybridized carbons (Fsp3) is 0.611. The number of benzene rings is 1. The minimum Gasteiger partial charge on any atom is -0.352 e. The number of aryl methyl sites for hydroxylation is 2. The Morgan fingerprint density at radius 1 is 1.32 bits per heavy atom. The van der Waals surface area contributed by atoms with Crippen LogP contribution in [0.3, 0.4) is 0 Å². The first-order chi connectivity index (χ1) is 10.0. The number of anilines is 1. The van der Waals surface area contributed by atoms with Crippen molar-refractivity contribution in [3.63, 3.8) is 0 Å². The molecule has 1 heterocycles. The summed E-state index contributed by atoms with van der Waals surface area (Å²) in [5.41, 5.74) is 6.51. The SMILES string of the molecule is Cc1cc2c(cc1C)N(C(C)(C)C(=O)NN)C(C)(C)C[C@H]2C. The first kappa shape index (κ1) is 16.8. The molecule has 1 aromatic rings. The number of hydrogen-bond acceptors (Lipinski definition) is 3. The lowest BCUT2D eigenvalue weighted by Crippen LogP contribution is -2.65. The summed E-state index contributed by atoms with van der Waals surface area (Å²) in [5.74, 6) is 5.73. The van der Waals surface area contributed by atoms with Gasteiger partial charge >= 0.3 is 0 Å². The summed E-state index contributed by atoms with van der Waals surface area (Å²) in [4.78, 5) is 14.6. The summed E-state index contributed by atoms with van der Waals surface area (Å²) < 4.78 is 0. The molecule has 1 aliphatic rings. The highest BCUT2D eigenvalue weighted by molar-refractivity contribution is 5.90. The minimum atomic E-state index is -0.713. The lowest BCUT2D eigenvalue weighted by Gasteiger charge is -2.54. The predicted octanol–water partition coefficient (Wildman–Crippen LogP) is 3.16. The Morgan fingerprint density at radius 3 is 2.41 bits per heavy atom. The molecule has 0 spiro atoms. The second kappa shape index (κ2) is 5.27. The summed E-state index contributed by atoms with van der Waals surface area (Å²) in [5, 5.41) is 0. The highest BCUT2D eigenvalue weighted by atomic mass is 16.2. The second-order valence-electron chi connectivity index (χ2n) is 7.78. The quantitative estimate of drug-likeness (QED) is 0.501. The van der Waals surface area contributed by atoms with Gasteiger partial charge in [-0.25, -0.2) is 5.84 Å². The number of hydrogen-bond donors (Lipinski definition) is 2. The van der Waals surface area contributed by atoms with Crippen molar-refractivity contribution in [2.24, 2.45) is 5.84 Å². The summed E-state index contributed by atoms with van der Waals surface area (Å²) in [6.45, 7) is 14.8. The Bertz CT molecular complexity index is 605. The Morgan fingerprint density at radius 2 is 1.86 bits per heavy atom. The molecule has 122 valence electrons. The molecule has 2 rings (SSSR count). The van der Waals surface area contributed by atoms with E-state index in [4.69, 9.17) is 5.84 Å². The van der Waals surface area contributed by atoms with E-state index in [0.717, 1.165) is 12.1 Å². The third-order valence-corrected chi connectivity index (χ3v) is 5.07. The molecule has 22 heavy (non-hydrogen) atoms. The molecule has 0 radical (unpaired) electrons. The fourth-order valence-corrected chi connectivity index (χ4v) is 4.02. The highest BCUT2D eigenvalue weighted by Crippen LogP contribution is 2.47. The van der Waals surface area contributed by atoms with Crippen LogP contribution < -0.4 is 16.2 Å². The first-order valence-corrected chi connectivity index (χ1v) is 7.95. The van der Waals surface area contributed by atoms with Crippen LogP contribution >= 0.6 is 0 Å². The molecule has 0 saturated heterocycles. The van der Waals surface area contributed by atoms with E-state index in [2.05, 4.69) is 57.1 Å². The average Bonchev–Trinajstić information content (AvgIpc) is 2.39. The summed E-state index contributed by atoms with van der Waals surface area (Å²) >= 11 is 0. The maximum absolute atomic E-state index is 12.4. The van der Waals surface area contributed by atoms with Crippen LogP contribution in [-0.2, 0) is 4.79 Å². The van der Waals surface area contributed by atoms with Crippen LogP contribution in [0.15, 0.2) is 12.1 Å². The molecule has 4 heteroatoms. The van der Waals surface area contributed by atoms with Gasteiger partial charge in [0.1, 0.15) is 5.54 Å². The number of nitrogens with one attached hydrogen (secondary N) is 1. The van der Waals surface area contributed by atoms with Gasteiger partial charge in [-0.2, -0.15) is 0 Å². The van der Waals surface area contributed by atoms with Crippen LogP contribution in [-0.4, -0.2) is 17.0 Å². The van der Waals surface area contributed by atoms with Crippen molar-refractivity contribution < 1.29 is 4.79 Å². The molecule has 1 atom stereocenters. The van der Waals surface area contributed by atoms with Crippen LogP contribution in [0.2, 0.25) is 0 Å². The number of carbonyl (C=O) groups is 1. The van der Waals surface area contributed by atoms with E-state index in [0.29, 0.717) is 5.92 Å². The van der Waals surface area contributed by atoms with Gasteiger partial charge in [-0.05, 0) is 76.6 Å². The molecule has 3 N–H and O–H groups in total. The third-order valence-electron chi connectivity index (χ3n) is 5.07. The minimum absolute atomic E-state index is 0.121. The lowest BCUT2D eigenvalue weighted by molar-refractivity contribution is -0.126. The van der Waals surface area contributed by atoms with Crippen LogP contribution in [0, 0.1) is 13.8 Å². The van der Waals surface area contributed by atoms with Crippen LogP contribution in [0.1, 0.15) is 63.6 Å². The van der Waals surface area contributed by atoms with E-state index in [1.165, 1.54) is 16.7 Å². The molecular weight excluding hydrogens is 274 g/mol. The van der Waals surface area contributed by atoms with Gasteiger partial charge in [0.2, 0.25) is 0 Å². The topological polar surface area (TPSA) is 58.4 Å². The van der Waals surface area contributed by atoms with Crippen molar-refractivity contribution in [2.75, 3.05) is 4.90 Å². The van der Waals surface area contributed by atoms with Gasteiger partial charge in [0, 0.05) is 11.2 Å². The van der Waals surface area contributed by atoms with Gasteiger partial charge in [-0.15, -0.1) is 0 Å². The van der Waals surface area contributed by atoms with Gasteiger partial charge < -0.3 is 4.90 Å². The van der Waals surface area contributed by atoms with E-state index < -0.39 is 5.54 Å². The van der Waals surface area contributed by atoms with Crippen LogP contribution in [0.5, 0.6) is 0 Å². The molecule has 0 saturated carbocycles. The van der Waals surface area contributed by atoms with Gasteiger partial charge in [0.15, 0.2) is 0 Å². The van der Waals surface area contributed by atoms with Gasteiger partial charge in [-0.1, -0.05) is 13.0 Å². The van der Waals surface area contributed by atoms with E-state index in [1.807, 2.05) is 13.8 Å². The number of hydrazine groups is 1. The smallest absolute Gasteiger partial charge is 0.259 e. The van der Waals surface area contributed by atoms with Crippen molar-refractivity contribution in [3.05, 3.63) is 28.8 Å². The normalized spacial score (nSPS) is 20.5. The Balaban J connectivity index is 2.70. The Kier molecular flexibility index (Phi) is 4.03. The second-order valence-corrected chi connectivity index (χ2v) is 7.78. The number of rotatable bonds is 2. The summed E-state index contributed by atoms with van der Waals surface area (Å²) in [6, 6.07) is 4.49. The van der Waals surface area contributed by atoms with Crippen LogP contribution in [0.25, 0.3) is 0 Å². The van der Waals surface area contributed by atoms with E-state index in [1.54, 1.807) is 0 Å². The molecule has 1 amide bonds. The first-order valence-electron chi connectivity index (χ1n) is 7.95. The standard InChI is InChI=1S/C18H29N3O/c1-11-8-14-13(3)10-17(4,5)21(15(14)9-12(11)2)18(6,7)16(22)20-19/h8-9,13H,10,19H2,1-7H3,(H,20,22)/t13-/m1/s1. The van der Waals surface area contributed by atoms with Crippen molar-refractivity contribution in [3.8, 4) is 0 Å². The van der Waals surface area contributed by atoms with Gasteiger partial charge in [0.25, 0.3) is 5.91 Å². The lowest BCUT2D eigenvalue weighted by atomic mass is 9.76. The van der Waals surface area contributed by atoms with Crippen molar-refractivity contribution in [2.45, 2.75) is 71.9 Å². The van der Waals surface area contributed by atoms with Crippen molar-refractivity contribution in [1.82, 2.24) is 5.43 Å². The maximum atomic E-state index is 12.4. The number of fused-ring (bicyclic) bond motifs is 1. The predicted molar refractivity (Wildman–Crippen MR) is 91.9 cm³/mol. The third kappa shape index (κ3) is 2.50. The molecule has 1 aromatic carbocycles. The largest absolute Gasteiger partial charge is 0.352 e. The number of nitrogens with zero attached hydrogens (tertiary/aromatic N) is 1. The zero-order valence-electron chi connectivity index (χ0n) is 14.9. The maximum Gasteiger partial charge on any atom is 0.259 e. The average molecular weight is 303 g/mol. The molecule has 4 nitrogen and oxygen atoms in total. The Hall–Kier alpha value is -1.55.